The third-order valence-electron chi connectivity index (χ3n) is 12.3. The highest BCUT2D eigenvalue weighted by atomic mass is 31.2. The second kappa shape index (κ2) is 44.4. The highest BCUT2D eigenvalue weighted by molar-refractivity contribution is 7.45. The minimum atomic E-state index is -4.56. The Hall–Kier alpha value is -0.760. The van der Waals surface area contributed by atoms with Crippen molar-refractivity contribution in [3.05, 3.63) is 12.2 Å². The van der Waals surface area contributed by atoms with Crippen molar-refractivity contribution in [1.82, 2.24) is 5.32 Å². The molecule has 0 rings (SSSR count). The van der Waals surface area contributed by atoms with E-state index in [1.54, 1.807) is 0 Å². The number of phosphoric ester groups is 1. The Labute approximate surface area is 380 Å². The number of aliphatic hydroxyl groups is 1. The van der Waals surface area contributed by atoms with Gasteiger partial charge in [-0.3, -0.25) is 9.36 Å². The monoisotopic (exact) mass is 885 g/mol. The van der Waals surface area contributed by atoms with Gasteiger partial charge in [0, 0.05) is 6.42 Å². The van der Waals surface area contributed by atoms with Crippen LogP contribution >= 0.6 is 7.82 Å². The highest BCUT2D eigenvalue weighted by Gasteiger charge is 2.24. The second-order valence-corrected chi connectivity index (χ2v) is 21.0. The Balaban J connectivity index is 4.11. The Morgan fingerprint density at radius 1 is 0.557 bits per heavy atom. The minimum Gasteiger partial charge on any atom is -0.756 e. The van der Waals surface area contributed by atoms with Gasteiger partial charge in [-0.2, -0.15) is 0 Å². The van der Waals surface area contributed by atoms with Crippen molar-refractivity contribution in [2.24, 2.45) is 0 Å². The molecule has 0 aromatic heterocycles. The van der Waals surface area contributed by atoms with Crippen LogP contribution < -0.4 is 10.2 Å². The normalized spacial score (nSPS) is 14.1. The van der Waals surface area contributed by atoms with Crippen LogP contribution in [0.25, 0.3) is 0 Å². The molecule has 0 heterocycles. The van der Waals surface area contributed by atoms with Crippen LogP contribution in [0.2, 0.25) is 0 Å². The van der Waals surface area contributed by atoms with Crippen LogP contribution in [0.3, 0.4) is 0 Å². The van der Waals surface area contributed by atoms with Gasteiger partial charge in [-0.25, -0.2) is 0 Å². The third kappa shape index (κ3) is 47.0. The molecule has 0 radical (unpaired) electrons. The summed E-state index contributed by atoms with van der Waals surface area (Å²) in [4.78, 5) is 25.4. The van der Waals surface area contributed by atoms with E-state index in [4.69, 9.17) is 9.05 Å². The van der Waals surface area contributed by atoms with Gasteiger partial charge in [0.2, 0.25) is 5.91 Å². The molecule has 0 aliphatic carbocycles. The van der Waals surface area contributed by atoms with Crippen molar-refractivity contribution in [2.45, 2.75) is 276 Å². The number of allylic oxidation sites excluding steroid dienone is 2. The van der Waals surface area contributed by atoms with Crippen LogP contribution in [0.1, 0.15) is 264 Å². The van der Waals surface area contributed by atoms with E-state index in [1.807, 2.05) is 21.1 Å². The lowest BCUT2D eigenvalue weighted by molar-refractivity contribution is -0.870. The molecular weight excluding hydrogens is 780 g/mol. The number of unbranched alkanes of at least 4 members (excludes halogenated alkanes) is 34. The molecule has 2 N–H and O–H groups in total. The molecular formula is C52H105N2O6P. The van der Waals surface area contributed by atoms with Crippen LogP contribution in [-0.4, -0.2) is 68.5 Å². The molecule has 0 aliphatic heterocycles. The van der Waals surface area contributed by atoms with Gasteiger partial charge in [-0.05, 0) is 38.5 Å². The van der Waals surface area contributed by atoms with Gasteiger partial charge in [0.25, 0.3) is 7.82 Å². The molecule has 9 heteroatoms. The van der Waals surface area contributed by atoms with E-state index in [9.17, 15) is 19.4 Å². The first-order valence-electron chi connectivity index (χ1n) is 26.5. The standard InChI is InChI=1S/C52H105N2O6P/c1-6-8-10-12-14-16-18-20-21-22-23-24-25-26-27-28-29-30-31-32-34-36-38-40-42-44-46-52(56)53-50(49-60-61(57,58)59-48-47-54(3,4)5)51(55)45-43-41-39-37-35-33-19-17-15-13-11-9-7-2/h26-27,50-51,55H,6-25,28-49H2,1-5H3,(H-,53,56,57,58)/b27-26-. The van der Waals surface area contributed by atoms with Crippen molar-refractivity contribution in [3.63, 3.8) is 0 Å². The molecule has 0 saturated carbocycles. The SMILES string of the molecule is CCCCCCCCCCCCCC/C=C\CCCCCCCCCCCCC(=O)NC(COP(=O)([O-])OCC[N+](C)(C)C)C(O)CCCCCCCCCCCCCCC. The number of carbonyl (C=O) groups excluding carboxylic acids is 1. The van der Waals surface area contributed by atoms with Gasteiger partial charge in [0.1, 0.15) is 13.2 Å². The Morgan fingerprint density at radius 2 is 0.902 bits per heavy atom. The molecule has 3 unspecified atom stereocenters. The number of quaternary nitrogens is 1. The van der Waals surface area contributed by atoms with Crippen molar-refractivity contribution < 1.29 is 32.9 Å². The minimum absolute atomic E-state index is 0.0141. The van der Waals surface area contributed by atoms with Gasteiger partial charge in [-0.1, -0.05) is 231 Å². The molecule has 0 bridgehead atoms. The number of carbonyl (C=O) groups is 1. The lowest BCUT2D eigenvalue weighted by Crippen LogP contribution is -2.46. The topological polar surface area (TPSA) is 108 Å². The van der Waals surface area contributed by atoms with Gasteiger partial charge in [0.15, 0.2) is 0 Å². The number of aliphatic hydroxyl groups excluding tert-OH is 1. The average molecular weight is 885 g/mol. The molecule has 0 saturated heterocycles. The highest BCUT2D eigenvalue weighted by Crippen LogP contribution is 2.38. The number of nitrogens with one attached hydrogen (secondary N) is 1. The number of hydrogen-bond acceptors (Lipinski definition) is 6. The molecule has 8 nitrogen and oxygen atoms in total. The molecule has 1 amide bonds. The maximum atomic E-state index is 12.9. The van der Waals surface area contributed by atoms with E-state index in [0.29, 0.717) is 23.9 Å². The lowest BCUT2D eigenvalue weighted by Gasteiger charge is -2.30. The van der Waals surface area contributed by atoms with Crippen molar-refractivity contribution in [3.8, 4) is 0 Å². The van der Waals surface area contributed by atoms with E-state index in [0.717, 1.165) is 38.5 Å². The Kier molecular flexibility index (Phi) is 43.9. The van der Waals surface area contributed by atoms with Crippen LogP contribution in [0.5, 0.6) is 0 Å². The number of hydrogen-bond donors (Lipinski definition) is 2. The average Bonchev–Trinajstić information content (AvgIpc) is 3.21. The van der Waals surface area contributed by atoms with Gasteiger partial charge in [0.05, 0.1) is 39.9 Å². The van der Waals surface area contributed by atoms with Crippen molar-refractivity contribution in [2.75, 3.05) is 40.9 Å². The molecule has 364 valence electrons. The maximum absolute atomic E-state index is 12.9. The summed E-state index contributed by atoms with van der Waals surface area (Å²) in [6.07, 6.45) is 52.3. The molecule has 0 aromatic rings. The molecule has 0 fully saturated rings. The molecule has 3 atom stereocenters. The van der Waals surface area contributed by atoms with E-state index in [-0.39, 0.29) is 19.1 Å². The van der Waals surface area contributed by atoms with Gasteiger partial charge >= 0.3 is 0 Å². The number of nitrogens with zero attached hydrogens (tertiary/aromatic N) is 1. The third-order valence-corrected chi connectivity index (χ3v) is 13.2. The Bertz CT molecular complexity index is 1000. The van der Waals surface area contributed by atoms with E-state index < -0.39 is 20.0 Å². The zero-order chi connectivity index (χ0) is 45.0. The quantitative estimate of drug-likeness (QED) is 0.0273. The fourth-order valence-corrected chi connectivity index (χ4v) is 8.76. The van der Waals surface area contributed by atoms with Crippen LogP contribution in [0, 0.1) is 0 Å². The largest absolute Gasteiger partial charge is 0.756 e. The van der Waals surface area contributed by atoms with Gasteiger partial charge < -0.3 is 28.8 Å². The summed E-state index contributed by atoms with van der Waals surface area (Å²) in [5.74, 6) is -0.163. The van der Waals surface area contributed by atoms with E-state index in [2.05, 4.69) is 31.3 Å². The summed E-state index contributed by atoms with van der Waals surface area (Å²) in [5.41, 5.74) is 0. The summed E-state index contributed by atoms with van der Waals surface area (Å²) >= 11 is 0. The first-order chi connectivity index (χ1) is 29.5. The zero-order valence-electron chi connectivity index (χ0n) is 41.4. The maximum Gasteiger partial charge on any atom is 0.268 e. The predicted octanol–water partition coefficient (Wildman–Crippen LogP) is 14.8. The number of phosphoric acid groups is 1. The summed E-state index contributed by atoms with van der Waals surface area (Å²) in [7, 11) is 1.31. The molecule has 0 spiro atoms. The van der Waals surface area contributed by atoms with E-state index in [1.165, 1.54) is 199 Å². The van der Waals surface area contributed by atoms with Crippen LogP contribution in [-0.2, 0) is 18.4 Å². The zero-order valence-corrected chi connectivity index (χ0v) is 42.3. The summed E-state index contributed by atoms with van der Waals surface area (Å²) in [5, 5.41) is 14.0. The van der Waals surface area contributed by atoms with Crippen LogP contribution in [0.4, 0.5) is 0 Å². The summed E-state index contributed by atoms with van der Waals surface area (Å²) in [6, 6.07) is -0.797. The first kappa shape index (κ1) is 60.2. The number of likely N-dealkylation sites (N-methyl/N-ethyl adjacent to an activating group) is 1. The number of amides is 1. The Morgan fingerprint density at radius 3 is 1.28 bits per heavy atom. The first-order valence-corrected chi connectivity index (χ1v) is 28.0. The molecule has 0 aromatic carbocycles. The van der Waals surface area contributed by atoms with Gasteiger partial charge in [-0.15, -0.1) is 0 Å². The lowest BCUT2D eigenvalue weighted by atomic mass is 10.0. The number of rotatable bonds is 49. The summed E-state index contributed by atoms with van der Waals surface area (Å²) in [6.45, 7) is 4.74. The molecule has 61 heavy (non-hydrogen) atoms. The fourth-order valence-electron chi connectivity index (χ4n) is 8.04. The van der Waals surface area contributed by atoms with Crippen molar-refractivity contribution >= 4 is 13.7 Å². The molecule has 0 aliphatic rings. The predicted molar refractivity (Wildman–Crippen MR) is 261 cm³/mol. The van der Waals surface area contributed by atoms with E-state index >= 15 is 0 Å². The smallest absolute Gasteiger partial charge is 0.268 e. The second-order valence-electron chi connectivity index (χ2n) is 19.6. The fraction of sp³-hybridized carbons (Fsp3) is 0.942. The van der Waals surface area contributed by atoms with Crippen LogP contribution in [0.15, 0.2) is 12.2 Å². The summed E-state index contributed by atoms with van der Waals surface area (Å²) < 4.78 is 23.3. The van der Waals surface area contributed by atoms with Crippen molar-refractivity contribution in [1.29, 1.82) is 0 Å².